The first-order valence-electron chi connectivity index (χ1n) is 10.1. The number of ether oxygens (including phenoxy) is 3. The van der Waals surface area contributed by atoms with Gasteiger partial charge in [-0.05, 0) is 30.1 Å². The Bertz CT molecular complexity index is 1310. The molecule has 2 heterocycles. The number of hydrogen-bond donors (Lipinski definition) is 2. The van der Waals surface area contributed by atoms with Crippen LogP contribution in [0.5, 0.6) is 11.5 Å². The highest BCUT2D eigenvalue weighted by atomic mass is 32.2. The minimum atomic E-state index is -0.549. The SMILES string of the molecule is COC(=O)NCc1cnn(Cc2cc3onc(NSc4ccccc4OC)c3c(OC)c2F)c1. The van der Waals surface area contributed by atoms with Crippen molar-refractivity contribution in [1.82, 2.24) is 20.3 Å². The molecular formula is C22H22FN5O5S. The second-order valence-corrected chi connectivity index (χ2v) is 7.88. The molecule has 0 unspecified atom stereocenters. The number of hydrogen-bond acceptors (Lipinski definition) is 9. The van der Waals surface area contributed by atoms with Crippen LogP contribution in [0, 0.1) is 5.82 Å². The lowest BCUT2D eigenvalue weighted by Crippen LogP contribution is -2.21. The van der Waals surface area contributed by atoms with Crippen LogP contribution in [0.1, 0.15) is 11.1 Å². The van der Waals surface area contributed by atoms with E-state index in [-0.39, 0.29) is 18.8 Å². The number of benzene rings is 2. The second kappa shape index (κ2) is 10.3. The molecule has 34 heavy (non-hydrogen) atoms. The fourth-order valence-electron chi connectivity index (χ4n) is 3.29. The number of carbonyl (C=O) groups excluding carboxylic acids is 1. The molecule has 0 radical (unpaired) electrons. The number of amides is 1. The third-order valence-electron chi connectivity index (χ3n) is 4.90. The molecule has 12 heteroatoms. The van der Waals surface area contributed by atoms with E-state index < -0.39 is 11.9 Å². The summed E-state index contributed by atoms with van der Waals surface area (Å²) in [7, 11) is 4.26. The van der Waals surface area contributed by atoms with Gasteiger partial charge in [0.25, 0.3) is 0 Å². The summed E-state index contributed by atoms with van der Waals surface area (Å²) in [6.45, 7) is 0.355. The van der Waals surface area contributed by atoms with Crippen molar-refractivity contribution in [1.29, 1.82) is 0 Å². The number of rotatable bonds is 9. The van der Waals surface area contributed by atoms with Gasteiger partial charge in [-0.15, -0.1) is 0 Å². The summed E-state index contributed by atoms with van der Waals surface area (Å²) in [6, 6.07) is 9.03. The summed E-state index contributed by atoms with van der Waals surface area (Å²) in [5.41, 5.74) is 1.40. The molecule has 4 rings (SSSR count). The van der Waals surface area contributed by atoms with E-state index in [9.17, 15) is 4.79 Å². The third kappa shape index (κ3) is 4.86. The monoisotopic (exact) mass is 487 g/mol. The zero-order chi connectivity index (χ0) is 24.1. The number of aromatic nitrogens is 3. The molecule has 2 aromatic heterocycles. The lowest BCUT2D eigenvalue weighted by atomic mass is 10.1. The highest BCUT2D eigenvalue weighted by Gasteiger charge is 2.22. The summed E-state index contributed by atoms with van der Waals surface area (Å²) in [6.07, 6.45) is 2.73. The number of methoxy groups -OCH3 is 3. The van der Waals surface area contributed by atoms with Crippen LogP contribution in [0.3, 0.4) is 0 Å². The largest absolute Gasteiger partial charge is 0.496 e. The van der Waals surface area contributed by atoms with Crippen molar-refractivity contribution in [3.8, 4) is 11.5 Å². The van der Waals surface area contributed by atoms with Crippen LogP contribution in [0.15, 0.2) is 52.1 Å². The molecular weight excluding hydrogens is 465 g/mol. The average molecular weight is 488 g/mol. The highest BCUT2D eigenvalue weighted by molar-refractivity contribution is 8.00. The van der Waals surface area contributed by atoms with E-state index in [1.807, 2.05) is 24.3 Å². The minimum absolute atomic E-state index is 0.0108. The Balaban J connectivity index is 1.56. The van der Waals surface area contributed by atoms with Crippen LogP contribution < -0.4 is 19.5 Å². The standard InChI is InChI=1S/C22H22FN5O5S/c1-30-15-6-4-5-7-17(15)34-27-21-18-16(33-26-21)8-14(19(23)20(18)31-2)12-28-11-13(10-25-28)9-24-22(29)32-3/h4-8,10-11H,9,12H2,1-3H3,(H,24,29)(H,26,27). The van der Waals surface area contributed by atoms with E-state index in [0.29, 0.717) is 28.1 Å². The number of halogens is 1. The zero-order valence-electron chi connectivity index (χ0n) is 18.6. The lowest BCUT2D eigenvalue weighted by Gasteiger charge is -2.11. The maximum Gasteiger partial charge on any atom is 0.407 e. The quantitative estimate of drug-likeness (QED) is 0.335. The molecule has 0 bridgehead atoms. The number of nitrogens with one attached hydrogen (secondary N) is 2. The number of anilines is 1. The molecule has 2 N–H and O–H groups in total. The van der Waals surface area contributed by atoms with Gasteiger partial charge in [0.2, 0.25) is 0 Å². The fourth-order valence-corrected chi connectivity index (χ4v) is 4.03. The summed E-state index contributed by atoms with van der Waals surface area (Å²) >= 11 is 1.26. The molecule has 2 aromatic carbocycles. The smallest absolute Gasteiger partial charge is 0.407 e. The summed E-state index contributed by atoms with van der Waals surface area (Å²) < 4.78 is 40.7. The molecule has 0 atom stereocenters. The van der Waals surface area contributed by atoms with E-state index in [2.05, 4.69) is 25.0 Å². The van der Waals surface area contributed by atoms with Crippen LogP contribution >= 0.6 is 11.9 Å². The molecule has 178 valence electrons. The van der Waals surface area contributed by atoms with Crippen molar-refractivity contribution >= 4 is 34.8 Å². The Hall–Kier alpha value is -3.93. The van der Waals surface area contributed by atoms with Crippen molar-refractivity contribution < 1.29 is 27.9 Å². The molecule has 0 spiro atoms. The van der Waals surface area contributed by atoms with Crippen molar-refractivity contribution in [3.63, 3.8) is 0 Å². The van der Waals surface area contributed by atoms with Gasteiger partial charge in [0.05, 0.1) is 39.0 Å². The Kier molecular flexibility index (Phi) is 7.07. The van der Waals surface area contributed by atoms with E-state index >= 15 is 4.39 Å². The van der Waals surface area contributed by atoms with Gasteiger partial charge in [-0.1, -0.05) is 17.3 Å². The molecule has 1 amide bonds. The first-order chi connectivity index (χ1) is 16.5. The van der Waals surface area contributed by atoms with Gasteiger partial charge in [-0.25, -0.2) is 9.18 Å². The number of alkyl carbamates (subject to hydrolysis) is 1. The summed E-state index contributed by atoms with van der Waals surface area (Å²) in [5, 5.41) is 11.2. The molecule has 0 aliphatic rings. The first-order valence-corrected chi connectivity index (χ1v) is 10.9. The second-order valence-electron chi connectivity index (χ2n) is 7.03. The zero-order valence-corrected chi connectivity index (χ0v) is 19.4. The molecule has 0 fully saturated rings. The lowest BCUT2D eigenvalue weighted by molar-refractivity contribution is 0.170. The van der Waals surface area contributed by atoms with Gasteiger partial charge in [0.15, 0.2) is 23.0 Å². The van der Waals surface area contributed by atoms with E-state index in [1.54, 1.807) is 30.3 Å². The molecule has 0 saturated heterocycles. The number of carbonyl (C=O) groups is 1. The van der Waals surface area contributed by atoms with Crippen molar-refractivity contribution in [3.05, 3.63) is 59.7 Å². The summed E-state index contributed by atoms with van der Waals surface area (Å²) in [4.78, 5) is 12.1. The van der Waals surface area contributed by atoms with Gasteiger partial charge in [0, 0.05) is 23.9 Å². The van der Waals surface area contributed by atoms with E-state index in [1.165, 1.54) is 26.2 Å². The maximum atomic E-state index is 15.4. The van der Waals surface area contributed by atoms with Crippen molar-refractivity contribution in [2.45, 2.75) is 18.0 Å². The Labute approximate surface area is 198 Å². The van der Waals surface area contributed by atoms with Crippen LogP contribution in [-0.4, -0.2) is 42.4 Å². The predicted octanol–water partition coefficient (Wildman–Crippen LogP) is 4.20. The van der Waals surface area contributed by atoms with Gasteiger partial charge in [-0.2, -0.15) is 5.10 Å². The Morgan fingerprint density at radius 3 is 2.82 bits per heavy atom. The molecule has 0 aliphatic carbocycles. The van der Waals surface area contributed by atoms with Crippen LogP contribution in [0.4, 0.5) is 15.0 Å². The van der Waals surface area contributed by atoms with Crippen molar-refractivity contribution in [2.24, 2.45) is 0 Å². The van der Waals surface area contributed by atoms with E-state index in [0.717, 1.165) is 10.5 Å². The topological polar surface area (TPSA) is 113 Å². The maximum absolute atomic E-state index is 15.4. The van der Waals surface area contributed by atoms with Gasteiger partial charge >= 0.3 is 6.09 Å². The molecule has 0 aliphatic heterocycles. The number of nitrogens with zero attached hydrogens (tertiary/aromatic N) is 3. The van der Waals surface area contributed by atoms with Crippen LogP contribution in [0.25, 0.3) is 11.0 Å². The first kappa shape index (κ1) is 23.2. The average Bonchev–Trinajstić information content (AvgIpc) is 3.48. The highest BCUT2D eigenvalue weighted by Crippen LogP contribution is 2.39. The molecule has 4 aromatic rings. The van der Waals surface area contributed by atoms with E-state index in [4.69, 9.17) is 14.0 Å². The van der Waals surface area contributed by atoms with Gasteiger partial charge in [0.1, 0.15) is 11.1 Å². The number of para-hydroxylation sites is 1. The van der Waals surface area contributed by atoms with Gasteiger partial charge < -0.3 is 28.8 Å². The molecule has 10 nitrogen and oxygen atoms in total. The Morgan fingerprint density at radius 2 is 2.06 bits per heavy atom. The summed E-state index contributed by atoms with van der Waals surface area (Å²) in [5.74, 6) is 0.474. The van der Waals surface area contributed by atoms with Crippen molar-refractivity contribution in [2.75, 3.05) is 26.1 Å². The normalized spacial score (nSPS) is 10.8. The predicted molar refractivity (Wildman–Crippen MR) is 124 cm³/mol. The minimum Gasteiger partial charge on any atom is -0.496 e. The van der Waals surface area contributed by atoms with Crippen LogP contribution in [0.2, 0.25) is 0 Å². The number of fused-ring (bicyclic) bond motifs is 1. The third-order valence-corrected chi connectivity index (χ3v) is 5.76. The Morgan fingerprint density at radius 1 is 1.24 bits per heavy atom. The van der Waals surface area contributed by atoms with Gasteiger partial charge in [-0.3, -0.25) is 4.68 Å². The molecule has 0 saturated carbocycles. The van der Waals surface area contributed by atoms with Crippen LogP contribution in [-0.2, 0) is 17.8 Å². The fraction of sp³-hybridized carbons (Fsp3) is 0.227.